The van der Waals surface area contributed by atoms with Crippen LogP contribution in [-0.4, -0.2) is 68.7 Å². The Kier molecular flexibility index (Phi) is 8.78. The summed E-state index contributed by atoms with van der Waals surface area (Å²) in [7, 11) is 1.87. The Morgan fingerprint density at radius 2 is 2.04 bits per heavy atom. The maximum atomic E-state index is 6.12. The highest BCUT2D eigenvalue weighted by Gasteiger charge is 2.23. The van der Waals surface area contributed by atoms with Crippen molar-refractivity contribution in [3.8, 4) is 0 Å². The second-order valence-electron chi connectivity index (χ2n) is 7.14. The van der Waals surface area contributed by atoms with Gasteiger partial charge in [0.15, 0.2) is 5.96 Å². The quantitative estimate of drug-likeness (QED) is 0.334. The van der Waals surface area contributed by atoms with E-state index < -0.39 is 0 Å². The van der Waals surface area contributed by atoms with Gasteiger partial charge in [-0.1, -0.05) is 18.2 Å². The topological polar surface area (TPSA) is 46.1 Å². The van der Waals surface area contributed by atoms with Crippen molar-refractivity contribution in [2.75, 3.05) is 45.6 Å². The molecular weight excluding hydrogens is 358 g/mol. The average molecular weight is 392 g/mol. The second-order valence-corrected chi connectivity index (χ2v) is 8.31. The fourth-order valence-corrected chi connectivity index (χ4v) is 4.39. The first-order chi connectivity index (χ1) is 13.3. The van der Waals surface area contributed by atoms with Crippen molar-refractivity contribution in [1.29, 1.82) is 0 Å². The summed E-state index contributed by atoms with van der Waals surface area (Å²) in [4.78, 5) is 8.13. The molecular formula is C21H33N3O2S. The summed E-state index contributed by atoms with van der Waals surface area (Å²) >= 11 is 1.87. The Morgan fingerprint density at radius 1 is 1.22 bits per heavy atom. The molecule has 1 atom stereocenters. The molecule has 27 heavy (non-hydrogen) atoms. The summed E-state index contributed by atoms with van der Waals surface area (Å²) in [5.74, 6) is 2.04. The molecule has 1 unspecified atom stereocenters. The molecule has 2 aliphatic rings. The summed E-state index contributed by atoms with van der Waals surface area (Å²) in [6, 6.07) is 10.5. The van der Waals surface area contributed by atoms with Crippen molar-refractivity contribution >= 4 is 17.7 Å². The number of hydrogen-bond acceptors (Lipinski definition) is 4. The molecule has 3 rings (SSSR count). The molecule has 2 heterocycles. The molecule has 0 aromatic heterocycles. The Labute approximate surface area is 167 Å². The highest BCUT2D eigenvalue weighted by Crippen LogP contribution is 2.18. The SMILES string of the molecule is CN=C(NCCSc1ccccc1)N1CCC(OCC2CCCCO2)CC1. The first kappa shape index (κ1) is 20.5. The first-order valence-corrected chi connectivity index (χ1v) is 11.2. The van der Waals surface area contributed by atoms with Crippen molar-refractivity contribution < 1.29 is 9.47 Å². The molecule has 2 aliphatic heterocycles. The van der Waals surface area contributed by atoms with Crippen LogP contribution in [0, 0.1) is 0 Å². The highest BCUT2D eigenvalue weighted by atomic mass is 32.2. The third-order valence-electron chi connectivity index (χ3n) is 5.14. The molecule has 1 aromatic rings. The number of thioether (sulfide) groups is 1. The van der Waals surface area contributed by atoms with E-state index in [1.807, 2.05) is 18.8 Å². The van der Waals surface area contributed by atoms with Crippen molar-refractivity contribution in [3.63, 3.8) is 0 Å². The van der Waals surface area contributed by atoms with E-state index in [-0.39, 0.29) is 0 Å². The largest absolute Gasteiger partial charge is 0.376 e. The zero-order valence-corrected chi connectivity index (χ0v) is 17.3. The lowest BCUT2D eigenvalue weighted by atomic mass is 10.1. The summed E-state index contributed by atoms with van der Waals surface area (Å²) in [5, 5.41) is 3.50. The zero-order valence-electron chi connectivity index (χ0n) is 16.4. The van der Waals surface area contributed by atoms with Gasteiger partial charge in [-0.2, -0.15) is 0 Å². The number of rotatable bonds is 7. The molecule has 150 valence electrons. The van der Waals surface area contributed by atoms with Gasteiger partial charge in [-0.3, -0.25) is 4.99 Å². The van der Waals surface area contributed by atoms with Crippen LogP contribution in [0.1, 0.15) is 32.1 Å². The lowest BCUT2D eigenvalue weighted by molar-refractivity contribution is -0.0721. The standard InChI is InChI=1S/C21H33N3O2S/c1-22-21(23-12-16-27-20-8-3-2-4-9-20)24-13-10-18(11-14-24)26-17-19-7-5-6-15-25-19/h2-4,8-9,18-19H,5-7,10-17H2,1H3,(H,22,23). The van der Waals surface area contributed by atoms with Crippen LogP contribution < -0.4 is 5.32 Å². The van der Waals surface area contributed by atoms with Gasteiger partial charge in [-0.05, 0) is 44.2 Å². The number of nitrogens with zero attached hydrogens (tertiary/aromatic N) is 2. The minimum Gasteiger partial charge on any atom is -0.376 e. The van der Waals surface area contributed by atoms with Crippen molar-refractivity contribution in [1.82, 2.24) is 10.2 Å². The van der Waals surface area contributed by atoms with Crippen LogP contribution in [0.4, 0.5) is 0 Å². The van der Waals surface area contributed by atoms with Gasteiger partial charge >= 0.3 is 0 Å². The Hall–Kier alpha value is -1.24. The first-order valence-electron chi connectivity index (χ1n) is 10.2. The van der Waals surface area contributed by atoms with Gasteiger partial charge in [0.05, 0.1) is 18.8 Å². The third-order valence-corrected chi connectivity index (χ3v) is 6.16. The highest BCUT2D eigenvalue weighted by molar-refractivity contribution is 7.99. The fraction of sp³-hybridized carbons (Fsp3) is 0.667. The predicted molar refractivity (Wildman–Crippen MR) is 113 cm³/mol. The average Bonchev–Trinajstić information content (AvgIpc) is 2.74. The van der Waals surface area contributed by atoms with Crippen LogP contribution in [-0.2, 0) is 9.47 Å². The minimum atomic E-state index is 0.313. The molecule has 1 N–H and O–H groups in total. The molecule has 0 saturated carbocycles. The van der Waals surface area contributed by atoms with Crippen LogP contribution in [0.3, 0.4) is 0 Å². The van der Waals surface area contributed by atoms with E-state index in [9.17, 15) is 0 Å². The number of piperidine rings is 1. The Bertz CT molecular complexity index is 556. The van der Waals surface area contributed by atoms with E-state index in [4.69, 9.17) is 9.47 Å². The summed E-state index contributed by atoms with van der Waals surface area (Å²) in [6.45, 7) is 4.58. The van der Waals surface area contributed by atoms with E-state index in [0.29, 0.717) is 12.2 Å². The molecule has 0 aliphatic carbocycles. The number of guanidine groups is 1. The van der Waals surface area contributed by atoms with Crippen LogP contribution >= 0.6 is 11.8 Å². The van der Waals surface area contributed by atoms with E-state index in [2.05, 4.69) is 45.5 Å². The van der Waals surface area contributed by atoms with Crippen LogP contribution in [0.15, 0.2) is 40.2 Å². The van der Waals surface area contributed by atoms with E-state index in [1.54, 1.807) is 0 Å². The molecule has 2 fully saturated rings. The molecule has 0 radical (unpaired) electrons. The van der Waals surface area contributed by atoms with Gasteiger partial charge in [-0.15, -0.1) is 11.8 Å². The second kappa shape index (κ2) is 11.6. The van der Waals surface area contributed by atoms with Gasteiger partial charge in [0, 0.05) is 43.9 Å². The minimum absolute atomic E-state index is 0.313. The van der Waals surface area contributed by atoms with Gasteiger partial charge in [0.1, 0.15) is 0 Å². The van der Waals surface area contributed by atoms with Crippen molar-refractivity contribution in [3.05, 3.63) is 30.3 Å². The van der Waals surface area contributed by atoms with E-state index >= 15 is 0 Å². The monoisotopic (exact) mass is 391 g/mol. The smallest absolute Gasteiger partial charge is 0.193 e. The number of aliphatic imine (C=N–C) groups is 1. The maximum Gasteiger partial charge on any atom is 0.193 e. The molecule has 0 spiro atoms. The lowest BCUT2D eigenvalue weighted by Crippen LogP contribution is -2.47. The number of ether oxygens (including phenoxy) is 2. The van der Waals surface area contributed by atoms with E-state index in [1.165, 1.54) is 17.7 Å². The summed E-state index contributed by atoms with van der Waals surface area (Å²) in [5.41, 5.74) is 0. The predicted octanol–water partition coefficient (Wildman–Crippen LogP) is 3.40. The van der Waals surface area contributed by atoms with Crippen LogP contribution in [0.25, 0.3) is 0 Å². The molecule has 2 saturated heterocycles. The number of likely N-dealkylation sites (tertiary alicyclic amines) is 1. The van der Waals surface area contributed by atoms with Gasteiger partial charge in [-0.25, -0.2) is 0 Å². The molecule has 0 amide bonds. The molecule has 6 heteroatoms. The van der Waals surface area contributed by atoms with Gasteiger partial charge < -0.3 is 19.7 Å². The Balaban J connectivity index is 1.31. The fourth-order valence-electron chi connectivity index (χ4n) is 3.60. The molecule has 1 aromatic carbocycles. The Morgan fingerprint density at radius 3 is 2.74 bits per heavy atom. The van der Waals surface area contributed by atoms with Crippen molar-refractivity contribution in [2.45, 2.75) is 49.2 Å². The number of nitrogens with one attached hydrogen (secondary N) is 1. The summed E-state index contributed by atoms with van der Waals surface area (Å²) < 4.78 is 11.9. The van der Waals surface area contributed by atoms with Gasteiger partial charge in [0.25, 0.3) is 0 Å². The zero-order chi connectivity index (χ0) is 18.7. The molecule has 5 nitrogen and oxygen atoms in total. The number of hydrogen-bond donors (Lipinski definition) is 1. The van der Waals surface area contributed by atoms with E-state index in [0.717, 1.165) is 63.8 Å². The summed E-state index contributed by atoms with van der Waals surface area (Å²) in [6.07, 6.45) is 6.42. The maximum absolute atomic E-state index is 6.12. The van der Waals surface area contributed by atoms with Crippen LogP contribution in [0.2, 0.25) is 0 Å². The third kappa shape index (κ3) is 7.01. The number of benzene rings is 1. The van der Waals surface area contributed by atoms with Crippen LogP contribution in [0.5, 0.6) is 0 Å². The van der Waals surface area contributed by atoms with Crippen molar-refractivity contribution in [2.24, 2.45) is 4.99 Å². The normalized spacial score (nSPS) is 22.0. The molecule has 0 bridgehead atoms. The lowest BCUT2D eigenvalue weighted by Gasteiger charge is -2.35. The van der Waals surface area contributed by atoms with Gasteiger partial charge in [0.2, 0.25) is 0 Å².